The van der Waals surface area contributed by atoms with Crippen molar-refractivity contribution in [1.29, 1.82) is 0 Å². The van der Waals surface area contributed by atoms with Gasteiger partial charge in [-0.2, -0.15) is 0 Å². The zero-order chi connectivity index (χ0) is 14.5. The minimum absolute atomic E-state index is 0.555. The summed E-state index contributed by atoms with van der Waals surface area (Å²) in [4.78, 5) is 4.34. The van der Waals surface area contributed by atoms with Crippen LogP contribution in [0.4, 0.5) is 0 Å². The van der Waals surface area contributed by atoms with E-state index in [1.807, 2.05) is 30.3 Å². The van der Waals surface area contributed by atoms with Crippen LogP contribution < -0.4 is 5.32 Å². The Balaban J connectivity index is 1.81. The molecule has 0 spiro atoms. The highest BCUT2D eigenvalue weighted by Crippen LogP contribution is 2.26. The first-order chi connectivity index (χ1) is 10.4. The van der Waals surface area contributed by atoms with Gasteiger partial charge in [-0.15, -0.1) is 10.2 Å². The fourth-order valence-corrected chi connectivity index (χ4v) is 2.25. The van der Waals surface area contributed by atoms with E-state index in [0.29, 0.717) is 11.8 Å². The molecule has 21 heavy (non-hydrogen) atoms. The first-order valence-electron chi connectivity index (χ1n) is 7.25. The van der Waals surface area contributed by atoms with Crippen LogP contribution in [0.3, 0.4) is 0 Å². The average Bonchev–Trinajstić information content (AvgIpc) is 3.00. The van der Waals surface area contributed by atoms with Gasteiger partial charge in [-0.05, 0) is 31.2 Å². The molecule has 0 bridgehead atoms. The summed E-state index contributed by atoms with van der Waals surface area (Å²) >= 11 is 0. The molecule has 3 aromatic rings. The Morgan fingerprint density at radius 1 is 1.10 bits per heavy atom. The molecule has 0 aliphatic heterocycles. The monoisotopic (exact) mass is 282 g/mol. The quantitative estimate of drug-likeness (QED) is 0.704. The summed E-state index contributed by atoms with van der Waals surface area (Å²) < 4.78 is 5.77. The molecule has 0 fully saturated rings. The van der Waals surface area contributed by atoms with E-state index in [1.54, 1.807) is 6.20 Å². The van der Waals surface area contributed by atoms with Crippen molar-refractivity contribution in [3.05, 3.63) is 42.4 Å². The second-order valence-corrected chi connectivity index (χ2v) is 4.88. The molecule has 0 atom stereocenters. The molecule has 5 nitrogen and oxygen atoms in total. The zero-order valence-corrected chi connectivity index (χ0v) is 12.0. The fraction of sp³-hybridized carbons (Fsp3) is 0.312. The van der Waals surface area contributed by atoms with Crippen LogP contribution in [0.1, 0.15) is 19.2 Å². The molecule has 2 aromatic heterocycles. The Hall–Kier alpha value is -2.27. The van der Waals surface area contributed by atoms with Crippen LogP contribution >= 0.6 is 0 Å². The third-order valence-corrected chi connectivity index (χ3v) is 3.29. The minimum Gasteiger partial charge on any atom is -0.421 e. The molecular formula is C16H18N4O. The number of aromatic nitrogens is 3. The normalized spacial score (nSPS) is 11.1. The van der Waals surface area contributed by atoms with E-state index in [2.05, 4.69) is 27.4 Å². The van der Waals surface area contributed by atoms with Crippen molar-refractivity contribution in [3.63, 3.8) is 0 Å². The van der Waals surface area contributed by atoms with Gasteiger partial charge < -0.3 is 9.73 Å². The molecule has 0 unspecified atom stereocenters. The number of rotatable bonds is 6. The van der Waals surface area contributed by atoms with E-state index in [9.17, 15) is 0 Å². The summed E-state index contributed by atoms with van der Waals surface area (Å²) in [6, 6.07) is 9.85. The Kier molecular flexibility index (Phi) is 4.21. The van der Waals surface area contributed by atoms with Gasteiger partial charge in [-0.3, -0.25) is 4.98 Å². The molecule has 1 aromatic carbocycles. The van der Waals surface area contributed by atoms with E-state index in [0.717, 1.165) is 42.4 Å². The summed E-state index contributed by atoms with van der Waals surface area (Å²) in [5.74, 6) is 1.22. The third kappa shape index (κ3) is 3.08. The van der Waals surface area contributed by atoms with Crippen molar-refractivity contribution in [3.8, 4) is 11.5 Å². The summed E-state index contributed by atoms with van der Waals surface area (Å²) in [6.07, 6.45) is 3.65. The lowest BCUT2D eigenvalue weighted by molar-refractivity contribution is 0.494. The maximum atomic E-state index is 5.77. The highest BCUT2D eigenvalue weighted by atomic mass is 16.4. The summed E-state index contributed by atoms with van der Waals surface area (Å²) in [5.41, 5.74) is 1.86. The van der Waals surface area contributed by atoms with Gasteiger partial charge in [0.05, 0.1) is 5.52 Å². The lowest BCUT2D eigenvalue weighted by Crippen LogP contribution is -2.17. The van der Waals surface area contributed by atoms with Crippen molar-refractivity contribution < 1.29 is 4.42 Å². The van der Waals surface area contributed by atoms with Gasteiger partial charge in [0.15, 0.2) is 0 Å². The molecule has 5 heteroatoms. The van der Waals surface area contributed by atoms with Gasteiger partial charge in [-0.25, -0.2) is 0 Å². The van der Waals surface area contributed by atoms with Crippen molar-refractivity contribution in [2.24, 2.45) is 0 Å². The molecule has 108 valence electrons. The Labute approximate surface area is 123 Å². The highest BCUT2D eigenvalue weighted by Gasteiger charge is 2.11. The molecule has 0 aliphatic rings. The zero-order valence-electron chi connectivity index (χ0n) is 12.0. The van der Waals surface area contributed by atoms with Crippen LogP contribution in [-0.4, -0.2) is 28.3 Å². The van der Waals surface area contributed by atoms with Crippen LogP contribution in [-0.2, 0) is 6.42 Å². The van der Waals surface area contributed by atoms with E-state index < -0.39 is 0 Å². The fourth-order valence-electron chi connectivity index (χ4n) is 2.25. The van der Waals surface area contributed by atoms with Crippen LogP contribution in [0, 0.1) is 0 Å². The Bertz CT molecular complexity index is 718. The highest BCUT2D eigenvalue weighted by molar-refractivity contribution is 5.92. The van der Waals surface area contributed by atoms with Crippen molar-refractivity contribution in [2.75, 3.05) is 13.1 Å². The molecule has 3 rings (SSSR count). The van der Waals surface area contributed by atoms with Gasteiger partial charge in [0.25, 0.3) is 0 Å². The van der Waals surface area contributed by atoms with E-state index in [1.165, 1.54) is 0 Å². The number of nitrogens with zero attached hydrogens (tertiary/aromatic N) is 3. The summed E-state index contributed by atoms with van der Waals surface area (Å²) in [5, 5.41) is 12.6. The van der Waals surface area contributed by atoms with E-state index >= 15 is 0 Å². The lowest BCUT2D eigenvalue weighted by Gasteiger charge is -2.01. The summed E-state index contributed by atoms with van der Waals surface area (Å²) in [6.45, 7) is 4.01. The Morgan fingerprint density at radius 2 is 2.05 bits per heavy atom. The van der Waals surface area contributed by atoms with Gasteiger partial charge in [0.2, 0.25) is 11.8 Å². The molecule has 2 heterocycles. The first kappa shape index (κ1) is 13.7. The van der Waals surface area contributed by atoms with Crippen LogP contribution in [0.5, 0.6) is 0 Å². The van der Waals surface area contributed by atoms with Crippen molar-refractivity contribution in [1.82, 2.24) is 20.5 Å². The second-order valence-electron chi connectivity index (χ2n) is 4.88. The van der Waals surface area contributed by atoms with Crippen molar-refractivity contribution in [2.45, 2.75) is 19.8 Å². The van der Waals surface area contributed by atoms with Crippen LogP contribution in [0.15, 0.2) is 40.9 Å². The predicted molar refractivity (Wildman–Crippen MR) is 81.9 cm³/mol. The predicted octanol–water partition coefficient (Wildman–Crippen LogP) is 2.83. The van der Waals surface area contributed by atoms with E-state index in [-0.39, 0.29) is 0 Å². The molecule has 1 N–H and O–H groups in total. The molecule has 0 amide bonds. The molecule has 0 saturated carbocycles. The molecule has 0 aliphatic carbocycles. The first-order valence-corrected chi connectivity index (χ1v) is 7.25. The molecular weight excluding hydrogens is 264 g/mol. The van der Waals surface area contributed by atoms with Crippen LogP contribution in [0.2, 0.25) is 0 Å². The lowest BCUT2D eigenvalue weighted by atomic mass is 10.1. The van der Waals surface area contributed by atoms with Gasteiger partial charge in [0.1, 0.15) is 0 Å². The topological polar surface area (TPSA) is 63.8 Å². The van der Waals surface area contributed by atoms with Crippen LogP contribution in [0.25, 0.3) is 22.4 Å². The molecule has 0 radical (unpaired) electrons. The largest absolute Gasteiger partial charge is 0.421 e. The second kappa shape index (κ2) is 6.45. The third-order valence-electron chi connectivity index (χ3n) is 3.29. The van der Waals surface area contributed by atoms with Crippen molar-refractivity contribution >= 4 is 10.9 Å². The summed E-state index contributed by atoms with van der Waals surface area (Å²) in [7, 11) is 0. The smallest absolute Gasteiger partial charge is 0.248 e. The van der Waals surface area contributed by atoms with E-state index in [4.69, 9.17) is 4.42 Å². The SMILES string of the molecule is CCCNCCc1nnc(-c2cccc3ncccc23)o1. The van der Waals surface area contributed by atoms with Gasteiger partial charge in [-0.1, -0.05) is 19.1 Å². The maximum absolute atomic E-state index is 5.77. The number of hydrogen-bond acceptors (Lipinski definition) is 5. The maximum Gasteiger partial charge on any atom is 0.248 e. The Morgan fingerprint density at radius 3 is 2.95 bits per heavy atom. The molecule has 0 saturated heterocycles. The number of pyridine rings is 1. The standard InChI is InChI=1S/C16H18N4O/c1-2-9-17-11-8-15-19-20-16(21-15)13-5-3-7-14-12(13)6-4-10-18-14/h3-7,10,17H,2,8-9,11H2,1H3. The average molecular weight is 282 g/mol. The van der Waals surface area contributed by atoms with Gasteiger partial charge in [0, 0.05) is 30.1 Å². The number of benzene rings is 1. The number of fused-ring (bicyclic) bond motifs is 1. The number of hydrogen-bond donors (Lipinski definition) is 1. The van der Waals surface area contributed by atoms with Gasteiger partial charge >= 0.3 is 0 Å². The number of nitrogens with one attached hydrogen (secondary N) is 1. The minimum atomic E-state index is 0.555.